The molecule has 24 heavy (non-hydrogen) atoms. The lowest BCUT2D eigenvalue weighted by Crippen LogP contribution is -2.46. The lowest BCUT2D eigenvalue weighted by molar-refractivity contribution is 0.0642. The van der Waals surface area contributed by atoms with Gasteiger partial charge in [0.25, 0.3) is 11.8 Å². The molecule has 1 aliphatic heterocycles. The van der Waals surface area contributed by atoms with Gasteiger partial charge in [0.2, 0.25) is 0 Å². The Morgan fingerprint density at radius 1 is 1.12 bits per heavy atom. The molecule has 5 heteroatoms. The first-order valence-electron chi connectivity index (χ1n) is 8.95. The Balaban J connectivity index is 2.21. The summed E-state index contributed by atoms with van der Waals surface area (Å²) in [5.74, 6) is -0.00592. The van der Waals surface area contributed by atoms with Gasteiger partial charge in [-0.3, -0.25) is 9.59 Å². The Kier molecular flexibility index (Phi) is 6.79. The number of hydrogen-bond donors (Lipinski definition) is 1. The maximum Gasteiger partial charge on any atom is 0.254 e. The summed E-state index contributed by atoms with van der Waals surface area (Å²) in [6.07, 6.45) is 2.92. The van der Waals surface area contributed by atoms with Crippen LogP contribution in [-0.4, -0.2) is 60.9 Å². The van der Waals surface area contributed by atoms with E-state index >= 15 is 0 Å². The molecule has 0 bridgehead atoms. The van der Waals surface area contributed by atoms with Gasteiger partial charge < -0.3 is 15.1 Å². The number of amides is 2. The fraction of sp³-hybridized carbons (Fsp3) is 0.579. The predicted octanol–water partition coefficient (Wildman–Crippen LogP) is 2.38. The highest BCUT2D eigenvalue weighted by atomic mass is 16.2. The first kappa shape index (κ1) is 18.5. The lowest BCUT2D eigenvalue weighted by atomic mass is 10.0. The number of rotatable bonds is 6. The first-order valence-corrected chi connectivity index (χ1v) is 8.95. The van der Waals surface area contributed by atoms with E-state index in [1.165, 1.54) is 0 Å². The van der Waals surface area contributed by atoms with Gasteiger partial charge in [0, 0.05) is 37.3 Å². The molecule has 1 N–H and O–H groups in total. The van der Waals surface area contributed by atoms with Crippen LogP contribution in [0.15, 0.2) is 24.3 Å². The molecule has 5 nitrogen and oxygen atoms in total. The van der Waals surface area contributed by atoms with Crippen molar-refractivity contribution >= 4 is 11.8 Å². The van der Waals surface area contributed by atoms with Gasteiger partial charge in [-0.2, -0.15) is 0 Å². The fourth-order valence-corrected chi connectivity index (χ4v) is 3.12. The summed E-state index contributed by atoms with van der Waals surface area (Å²) in [6, 6.07) is 7.42. The van der Waals surface area contributed by atoms with Crippen molar-refractivity contribution in [2.24, 2.45) is 0 Å². The highest BCUT2D eigenvalue weighted by molar-refractivity contribution is 5.99. The summed E-state index contributed by atoms with van der Waals surface area (Å²) in [4.78, 5) is 29.0. The number of carbonyl (C=O) groups is 2. The largest absolute Gasteiger partial charge is 0.342 e. The quantitative estimate of drug-likeness (QED) is 0.871. The molecule has 0 unspecified atom stereocenters. The van der Waals surface area contributed by atoms with Crippen LogP contribution in [-0.2, 0) is 0 Å². The van der Waals surface area contributed by atoms with Crippen LogP contribution in [0.1, 0.15) is 53.8 Å². The van der Waals surface area contributed by atoms with Crippen molar-refractivity contribution in [2.75, 3.05) is 33.2 Å². The van der Waals surface area contributed by atoms with Crippen LogP contribution in [0.25, 0.3) is 0 Å². The molecule has 1 heterocycles. The molecule has 0 spiro atoms. The Morgan fingerprint density at radius 3 is 2.33 bits per heavy atom. The molecule has 0 aliphatic carbocycles. The minimum atomic E-state index is -0.0453. The molecule has 1 aromatic rings. The highest BCUT2D eigenvalue weighted by Crippen LogP contribution is 2.17. The first-order chi connectivity index (χ1) is 11.6. The van der Waals surface area contributed by atoms with Crippen LogP contribution >= 0.6 is 0 Å². The van der Waals surface area contributed by atoms with Gasteiger partial charge in [-0.25, -0.2) is 0 Å². The average molecular weight is 331 g/mol. The van der Waals surface area contributed by atoms with Gasteiger partial charge in [-0.15, -0.1) is 0 Å². The smallest absolute Gasteiger partial charge is 0.254 e. The van der Waals surface area contributed by atoms with E-state index in [9.17, 15) is 9.59 Å². The van der Waals surface area contributed by atoms with E-state index in [4.69, 9.17) is 0 Å². The molecule has 1 saturated heterocycles. The molecule has 1 aliphatic rings. The van der Waals surface area contributed by atoms with Gasteiger partial charge in [0.1, 0.15) is 0 Å². The molecule has 2 amide bonds. The molecular weight excluding hydrogens is 302 g/mol. The second-order valence-electron chi connectivity index (χ2n) is 6.38. The van der Waals surface area contributed by atoms with Crippen molar-refractivity contribution in [1.29, 1.82) is 0 Å². The third kappa shape index (κ3) is 4.35. The highest BCUT2D eigenvalue weighted by Gasteiger charge is 2.26. The summed E-state index contributed by atoms with van der Waals surface area (Å²) >= 11 is 0. The standard InChI is InChI=1S/C19H29N3O2/c1-4-13-22(17-9-11-20-12-10-17)19(24)16-8-6-7-15(14-16)18(23)21(3)5-2/h6-8,14,17,20H,4-5,9-13H2,1-3H3. The van der Waals surface area contributed by atoms with E-state index in [0.717, 1.165) is 38.9 Å². The molecule has 132 valence electrons. The molecule has 0 saturated carbocycles. The van der Waals surface area contributed by atoms with Crippen LogP contribution in [0.3, 0.4) is 0 Å². The Labute approximate surface area is 145 Å². The van der Waals surface area contributed by atoms with Gasteiger partial charge in [-0.1, -0.05) is 13.0 Å². The second kappa shape index (κ2) is 8.83. The van der Waals surface area contributed by atoms with Crippen molar-refractivity contribution in [3.63, 3.8) is 0 Å². The predicted molar refractivity (Wildman–Crippen MR) is 96.3 cm³/mol. The maximum atomic E-state index is 13.0. The molecule has 0 aromatic heterocycles. The monoisotopic (exact) mass is 331 g/mol. The number of benzene rings is 1. The van der Waals surface area contributed by atoms with Gasteiger partial charge in [0.15, 0.2) is 0 Å². The summed E-state index contributed by atoms with van der Waals surface area (Å²) in [5.41, 5.74) is 1.18. The van der Waals surface area contributed by atoms with Crippen LogP contribution in [0, 0.1) is 0 Å². The molecule has 1 aromatic carbocycles. The molecule has 2 rings (SSSR count). The molecular formula is C19H29N3O2. The lowest BCUT2D eigenvalue weighted by Gasteiger charge is -2.34. The number of piperidine rings is 1. The van der Waals surface area contributed by atoms with Crippen molar-refractivity contribution in [2.45, 2.75) is 39.2 Å². The topological polar surface area (TPSA) is 52.7 Å². The van der Waals surface area contributed by atoms with Crippen molar-refractivity contribution in [3.05, 3.63) is 35.4 Å². The van der Waals surface area contributed by atoms with E-state index in [2.05, 4.69) is 12.2 Å². The zero-order chi connectivity index (χ0) is 17.5. The van der Waals surface area contributed by atoms with Crippen LogP contribution in [0.5, 0.6) is 0 Å². The Morgan fingerprint density at radius 2 is 1.75 bits per heavy atom. The average Bonchev–Trinajstić information content (AvgIpc) is 2.65. The van der Waals surface area contributed by atoms with E-state index in [0.29, 0.717) is 17.7 Å². The number of carbonyl (C=O) groups excluding carboxylic acids is 2. The summed E-state index contributed by atoms with van der Waals surface area (Å²) in [6.45, 7) is 7.35. The minimum Gasteiger partial charge on any atom is -0.342 e. The third-order valence-corrected chi connectivity index (χ3v) is 4.65. The van der Waals surface area contributed by atoms with Crippen molar-refractivity contribution < 1.29 is 9.59 Å². The van der Waals surface area contributed by atoms with Crippen LogP contribution in [0.2, 0.25) is 0 Å². The second-order valence-corrected chi connectivity index (χ2v) is 6.38. The minimum absolute atomic E-state index is 0.0394. The number of nitrogens with one attached hydrogen (secondary N) is 1. The number of hydrogen-bond acceptors (Lipinski definition) is 3. The van der Waals surface area contributed by atoms with Gasteiger partial charge in [-0.05, 0) is 57.5 Å². The molecule has 0 atom stereocenters. The van der Waals surface area contributed by atoms with Gasteiger partial charge in [0.05, 0.1) is 0 Å². The van der Waals surface area contributed by atoms with E-state index in [1.54, 1.807) is 30.1 Å². The Hall–Kier alpha value is -1.88. The SMILES string of the molecule is CCCN(C(=O)c1cccc(C(=O)N(C)CC)c1)C1CCNCC1. The van der Waals surface area contributed by atoms with Crippen molar-refractivity contribution in [1.82, 2.24) is 15.1 Å². The normalized spacial score (nSPS) is 15.1. The third-order valence-electron chi connectivity index (χ3n) is 4.65. The maximum absolute atomic E-state index is 13.0. The van der Waals surface area contributed by atoms with E-state index in [-0.39, 0.29) is 17.9 Å². The summed E-state index contributed by atoms with van der Waals surface area (Å²) < 4.78 is 0. The van der Waals surface area contributed by atoms with Gasteiger partial charge >= 0.3 is 0 Å². The van der Waals surface area contributed by atoms with E-state index in [1.807, 2.05) is 17.9 Å². The zero-order valence-corrected chi connectivity index (χ0v) is 15.0. The molecule has 0 radical (unpaired) electrons. The van der Waals surface area contributed by atoms with Crippen LogP contribution in [0.4, 0.5) is 0 Å². The van der Waals surface area contributed by atoms with Crippen LogP contribution < -0.4 is 5.32 Å². The van der Waals surface area contributed by atoms with Crippen molar-refractivity contribution in [3.8, 4) is 0 Å². The fourth-order valence-electron chi connectivity index (χ4n) is 3.12. The summed E-state index contributed by atoms with van der Waals surface area (Å²) in [5, 5.41) is 3.35. The Bertz CT molecular complexity index is 567. The number of nitrogens with zero attached hydrogens (tertiary/aromatic N) is 2. The van der Waals surface area contributed by atoms with E-state index < -0.39 is 0 Å². The zero-order valence-electron chi connectivity index (χ0n) is 15.0. The molecule has 1 fully saturated rings. The summed E-state index contributed by atoms with van der Waals surface area (Å²) in [7, 11) is 1.77.